The van der Waals surface area contributed by atoms with Crippen molar-refractivity contribution < 1.29 is 9.84 Å². The number of aliphatic hydroxyl groups is 1. The van der Waals surface area contributed by atoms with Crippen LogP contribution in [0.15, 0.2) is 84.5 Å². The number of benzene rings is 2. The van der Waals surface area contributed by atoms with Gasteiger partial charge in [0, 0.05) is 54.2 Å². The maximum Gasteiger partial charge on any atom is 0.134 e. The molecule has 1 aliphatic rings. The molecule has 1 aromatic heterocycles. The lowest BCUT2D eigenvalue weighted by atomic mass is 10.0. The largest absolute Gasteiger partial charge is 0.400 e. The summed E-state index contributed by atoms with van der Waals surface area (Å²) in [6.45, 7) is 23.9. The van der Waals surface area contributed by atoms with E-state index < -0.39 is 0 Å². The Morgan fingerprint density at radius 2 is 1.71 bits per heavy atom. The Bertz CT molecular complexity index is 1400. The van der Waals surface area contributed by atoms with Gasteiger partial charge in [-0.2, -0.15) is 0 Å². The van der Waals surface area contributed by atoms with Gasteiger partial charge in [-0.3, -0.25) is 0 Å². The summed E-state index contributed by atoms with van der Waals surface area (Å²) in [4.78, 5) is 0. The van der Waals surface area contributed by atoms with Crippen LogP contribution in [0.25, 0.3) is 5.70 Å². The van der Waals surface area contributed by atoms with Gasteiger partial charge in [-0.1, -0.05) is 125 Å². The van der Waals surface area contributed by atoms with Crippen molar-refractivity contribution in [3.8, 4) is 24.7 Å². The summed E-state index contributed by atoms with van der Waals surface area (Å²) in [5.41, 5.74) is 12.3. The molecule has 51 heavy (non-hydrogen) atoms. The highest BCUT2D eigenvalue weighted by Gasteiger charge is 2.28. The highest BCUT2D eigenvalue weighted by atomic mass is 79.9. The van der Waals surface area contributed by atoms with Crippen molar-refractivity contribution in [2.75, 3.05) is 7.11 Å². The van der Waals surface area contributed by atoms with Gasteiger partial charge in [0.2, 0.25) is 0 Å². The number of hydrogen-bond acceptors (Lipinski definition) is 4. The lowest BCUT2D eigenvalue weighted by molar-refractivity contribution is -0.00388. The predicted octanol–water partition coefficient (Wildman–Crippen LogP) is 11.8. The van der Waals surface area contributed by atoms with Crippen molar-refractivity contribution in [3.63, 3.8) is 0 Å². The van der Waals surface area contributed by atoms with Crippen LogP contribution in [0.5, 0.6) is 0 Å². The second-order valence-corrected chi connectivity index (χ2v) is 12.9. The first-order chi connectivity index (χ1) is 24.7. The van der Waals surface area contributed by atoms with Crippen LogP contribution < -0.4 is 11.1 Å². The Hall–Kier alpha value is -3.52. The summed E-state index contributed by atoms with van der Waals surface area (Å²) in [5.74, 6) is 6.59. The minimum Gasteiger partial charge on any atom is -0.400 e. The van der Waals surface area contributed by atoms with Crippen LogP contribution in [0, 0.1) is 24.7 Å². The molecule has 2 aromatic carbocycles. The number of aliphatic hydroxyl groups excluding tert-OH is 1. The average Bonchev–Trinajstić information content (AvgIpc) is 3.80. The maximum absolute atomic E-state index is 7.00. The third kappa shape index (κ3) is 20.8. The fourth-order valence-corrected chi connectivity index (χ4v) is 5.40. The van der Waals surface area contributed by atoms with Crippen LogP contribution in [0.1, 0.15) is 140 Å². The number of nitrogens with two attached hydrogens (primary N) is 1. The second kappa shape index (κ2) is 32.4. The molecule has 3 atom stereocenters. The number of terminal acetylenes is 1. The van der Waals surface area contributed by atoms with E-state index in [0.717, 1.165) is 55.1 Å². The number of ether oxygens (including phenoxy) is 1. The Balaban J connectivity index is 0. The van der Waals surface area contributed by atoms with Crippen LogP contribution in [0.4, 0.5) is 0 Å². The molecule has 1 saturated heterocycles. The van der Waals surface area contributed by atoms with Gasteiger partial charge in [-0.05, 0) is 85.5 Å². The van der Waals surface area contributed by atoms with Crippen molar-refractivity contribution >= 4 is 21.6 Å². The molecule has 1 fully saturated rings. The normalized spacial score (nSPS) is 14.3. The highest BCUT2D eigenvalue weighted by Crippen LogP contribution is 2.35. The van der Waals surface area contributed by atoms with E-state index in [4.69, 9.17) is 15.6 Å². The third-order valence-corrected chi connectivity index (χ3v) is 8.13. The Kier molecular flexibility index (Phi) is 31.5. The molecule has 3 unspecified atom stereocenters. The van der Waals surface area contributed by atoms with Gasteiger partial charge in [-0.25, -0.2) is 0 Å². The third-order valence-electron chi connectivity index (χ3n) is 7.60. The summed E-state index contributed by atoms with van der Waals surface area (Å²) in [5, 5.41) is 10.6. The number of rotatable bonds is 11. The zero-order valence-electron chi connectivity index (χ0n) is 33.0. The smallest absolute Gasteiger partial charge is 0.134 e. The van der Waals surface area contributed by atoms with Crippen molar-refractivity contribution in [2.45, 2.75) is 131 Å². The molecule has 3 aromatic rings. The minimum atomic E-state index is 0.214. The second-order valence-electron chi connectivity index (χ2n) is 12.0. The topological polar surface area (TPSA) is 72.4 Å². The predicted molar refractivity (Wildman–Crippen MR) is 227 cm³/mol. The molecule has 2 heterocycles. The number of allylic oxidation sites excluding steroid dienone is 1. The molecule has 1 aliphatic heterocycles. The summed E-state index contributed by atoms with van der Waals surface area (Å²) >= 11 is 3.50. The van der Waals surface area contributed by atoms with E-state index in [2.05, 4.69) is 135 Å². The highest BCUT2D eigenvalue weighted by molar-refractivity contribution is 9.10. The number of unbranched alkanes of at least 4 members (excludes halogenated alkanes) is 1. The Morgan fingerprint density at radius 3 is 2.25 bits per heavy atom. The molecule has 4 N–H and O–H groups in total. The van der Waals surface area contributed by atoms with E-state index in [9.17, 15) is 0 Å². The molecule has 282 valence electrons. The van der Waals surface area contributed by atoms with E-state index in [1.54, 1.807) is 6.08 Å². The number of halogens is 1. The first-order valence-corrected chi connectivity index (χ1v) is 19.2. The van der Waals surface area contributed by atoms with Crippen molar-refractivity contribution in [2.24, 2.45) is 5.73 Å². The fraction of sp³-hybridized carbons (Fsp3) is 0.467. The van der Waals surface area contributed by atoms with E-state index in [1.807, 2.05) is 38.1 Å². The molecule has 4 rings (SSSR count). The van der Waals surface area contributed by atoms with Crippen LogP contribution >= 0.6 is 15.9 Å². The van der Waals surface area contributed by atoms with E-state index in [1.165, 1.54) is 48.9 Å². The van der Waals surface area contributed by atoms with Crippen LogP contribution in [0.2, 0.25) is 0 Å². The van der Waals surface area contributed by atoms with Crippen molar-refractivity contribution in [3.05, 3.63) is 112 Å². The molecular formula is C45H68BrN3O2. The number of aromatic nitrogens is 1. The number of nitrogens with zero attached hydrogens (tertiary/aromatic N) is 1. The standard InChI is InChI=1S/C24H35BrN2O.C12H13N.C3H8.C3H6.C2H2.CH4O/c1-4-6-7-22-12-13-23(28-22)27-15-14-20(24(27)18(3)5-2)17-26-16-19-8-10-21(25)11-9-19;1-3-4-6-11-7-5-8-12(9-11)10(2)13;2*1-3-2;2*1-2/h8-11,14-15,18,22-23,26H,4-7,12-13,16-17H2,1-3H3;5,7-9H,2-3,13H2,1H3;3H2,1-2H3;3H,1H2,2H3;1-2H;2H,1H3. The van der Waals surface area contributed by atoms with Crippen LogP contribution in [-0.2, 0) is 17.8 Å². The van der Waals surface area contributed by atoms with Crippen LogP contribution in [-0.4, -0.2) is 22.9 Å². The van der Waals surface area contributed by atoms with Gasteiger partial charge in [0.1, 0.15) is 6.23 Å². The Morgan fingerprint density at radius 1 is 1.08 bits per heavy atom. The molecule has 6 heteroatoms. The minimum absolute atomic E-state index is 0.214. The molecule has 0 spiro atoms. The zero-order valence-corrected chi connectivity index (χ0v) is 34.6. The van der Waals surface area contributed by atoms with E-state index in [0.29, 0.717) is 17.7 Å². The van der Waals surface area contributed by atoms with Crippen LogP contribution in [0.3, 0.4) is 0 Å². The molecule has 0 aliphatic carbocycles. The van der Waals surface area contributed by atoms with Gasteiger partial charge in [0.15, 0.2) is 0 Å². The van der Waals surface area contributed by atoms with Gasteiger partial charge in [-0.15, -0.1) is 19.4 Å². The molecular weight excluding hydrogens is 694 g/mol. The molecule has 0 amide bonds. The summed E-state index contributed by atoms with van der Waals surface area (Å²) in [6.07, 6.45) is 22.0. The van der Waals surface area contributed by atoms with E-state index in [-0.39, 0.29) is 6.23 Å². The van der Waals surface area contributed by atoms with Gasteiger partial charge >= 0.3 is 0 Å². The fourth-order valence-electron chi connectivity index (χ4n) is 5.13. The van der Waals surface area contributed by atoms with Gasteiger partial charge in [0.05, 0.1) is 6.10 Å². The number of nitrogens with one attached hydrogen (secondary N) is 1. The van der Waals surface area contributed by atoms with Crippen molar-refractivity contribution in [1.82, 2.24) is 9.88 Å². The molecule has 0 saturated carbocycles. The monoisotopic (exact) mass is 761 g/mol. The summed E-state index contributed by atoms with van der Waals surface area (Å²) in [7, 11) is 1.00. The summed E-state index contributed by atoms with van der Waals surface area (Å²) in [6, 6.07) is 18.6. The average molecular weight is 763 g/mol. The quantitative estimate of drug-likeness (QED) is 0.134. The molecule has 0 bridgehead atoms. The molecule has 5 nitrogen and oxygen atoms in total. The van der Waals surface area contributed by atoms with E-state index >= 15 is 0 Å². The first-order valence-electron chi connectivity index (χ1n) is 18.4. The van der Waals surface area contributed by atoms with Gasteiger partial charge in [0.25, 0.3) is 0 Å². The molecule has 0 radical (unpaired) electrons. The lowest BCUT2D eigenvalue weighted by Crippen LogP contribution is -2.18. The summed E-state index contributed by atoms with van der Waals surface area (Å²) < 4.78 is 9.97. The van der Waals surface area contributed by atoms with Gasteiger partial charge < -0.3 is 25.5 Å². The van der Waals surface area contributed by atoms with Crippen molar-refractivity contribution in [1.29, 1.82) is 0 Å². The first kappa shape index (κ1) is 49.6. The number of hydrogen-bond donors (Lipinski definition) is 3. The zero-order chi connectivity index (χ0) is 39.0. The maximum atomic E-state index is 7.00. The SMILES string of the molecule is C#C.C=C(N)c1cccc(C#CCC)c1.C=CC.CCC.CCCCC1CCC(n2ccc(CNCc3ccc(Br)cc3)c2C(C)CC)O1.CO. The lowest BCUT2D eigenvalue weighted by Gasteiger charge is -2.22. The Labute approximate surface area is 321 Å².